The van der Waals surface area contributed by atoms with Gasteiger partial charge >= 0.3 is 0 Å². The second-order valence-corrected chi connectivity index (χ2v) is 4.98. The lowest BCUT2D eigenvalue weighted by Gasteiger charge is -2.13. The number of hydrogen-bond acceptors (Lipinski definition) is 2. The van der Waals surface area contributed by atoms with Gasteiger partial charge in [0.2, 0.25) is 0 Å². The molecule has 1 aromatic carbocycles. The molecule has 0 bridgehead atoms. The van der Waals surface area contributed by atoms with Crippen molar-refractivity contribution in [2.75, 3.05) is 13.7 Å². The number of ether oxygens (including phenoxy) is 1. The molecule has 94 valence electrons. The molecule has 0 unspecified atom stereocenters. The van der Waals surface area contributed by atoms with Crippen LogP contribution in [0.4, 0.5) is 0 Å². The van der Waals surface area contributed by atoms with Crippen LogP contribution in [0.25, 0.3) is 0 Å². The van der Waals surface area contributed by atoms with E-state index in [-0.39, 0.29) is 0 Å². The molecule has 0 heterocycles. The summed E-state index contributed by atoms with van der Waals surface area (Å²) in [5.74, 6) is 0.907. The van der Waals surface area contributed by atoms with Crippen molar-refractivity contribution in [3.8, 4) is 0 Å². The Morgan fingerprint density at radius 2 is 1.88 bits per heavy atom. The maximum Gasteiger partial charge on any atom is 0.0716 e. The Bertz CT molecular complexity index is 331. The van der Waals surface area contributed by atoms with Gasteiger partial charge in [-0.15, -0.1) is 0 Å². The molecular formula is C15H23NO. The van der Waals surface area contributed by atoms with Gasteiger partial charge in [-0.3, -0.25) is 0 Å². The minimum atomic E-state index is 0.710. The van der Waals surface area contributed by atoms with E-state index in [4.69, 9.17) is 4.74 Å². The lowest BCUT2D eigenvalue weighted by molar-refractivity contribution is 0.184. The molecule has 0 saturated heterocycles. The van der Waals surface area contributed by atoms with Crippen molar-refractivity contribution in [3.05, 3.63) is 35.4 Å². The summed E-state index contributed by atoms with van der Waals surface area (Å²) in [4.78, 5) is 0. The first-order valence-electron chi connectivity index (χ1n) is 6.66. The molecule has 17 heavy (non-hydrogen) atoms. The van der Waals surface area contributed by atoms with Crippen molar-refractivity contribution >= 4 is 0 Å². The van der Waals surface area contributed by atoms with Gasteiger partial charge in [-0.25, -0.2) is 0 Å². The number of methoxy groups -OCH3 is 1. The third-order valence-corrected chi connectivity index (χ3v) is 3.64. The van der Waals surface area contributed by atoms with Crippen LogP contribution in [0.2, 0.25) is 0 Å². The van der Waals surface area contributed by atoms with Gasteiger partial charge in [-0.05, 0) is 36.4 Å². The van der Waals surface area contributed by atoms with Gasteiger partial charge in [0.15, 0.2) is 0 Å². The van der Waals surface area contributed by atoms with Crippen LogP contribution in [0, 0.1) is 5.92 Å². The van der Waals surface area contributed by atoms with E-state index in [1.165, 1.54) is 43.4 Å². The molecule has 2 rings (SSSR count). The molecule has 1 fully saturated rings. The van der Waals surface area contributed by atoms with Gasteiger partial charge in [-0.2, -0.15) is 0 Å². The van der Waals surface area contributed by atoms with Crippen LogP contribution in [0.3, 0.4) is 0 Å². The fourth-order valence-corrected chi connectivity index (χ4v) is 2.65. The van der Waals surface area contributed by atoms with E-state index in [2.05, 4.69) is 29.6 Å². The van der Waals surface area contributed by atoms with Crippen LogP contribution in [0.15, 0.2) is 24.3 Å². The van der Waals surface area contributed by atoms with Crippen molar-refractivity contribution in [2.24, 2.45) is 5.92 Å². The monoisotopic (exact) mass is 233 g/mol. The predicted octanol–water partition coefficient (Wildman–Crippen LogP) is 3.11. The summed E-state index contributed by atoms with van der Waals surface area (Å²) in [7, 11) is 1.75. The van der Waals surface area contributed by atoms with Gasteiger partial charge < -0.3 is 10.1 Å². The van der Waals surface area contributed by atoms with Crippen molar-refractivity contribution in [1.29, 1.82) is 0 Å². The molecule has 1 aliphatic rings. The molecule has 1 N–H and O–H groups in total. The van der Waals surface area contributed by atoms with E-state index in [0.717, 1.165) is 12.5 Å². The van der Waals surface area contributed by atoms with E-state index < -0.39 is 0 Å². The zero-order valence-electron chi connectivity index (χ0n) is 10.7. The molecule has 1 saturated carbocycles. The third-order valence-electron chi connectivity index (χ3n) is 3.64. The van der Waals surface area contributed by atoms with Crippen LogP contribution in [0.1, 0.15) is 36.8 Å². The number of benzene rings is 1. The first kappa shape index (κ1) is 12.6. The molecule has 0 aromatic heterocycles. The topological polar surface area (TPSA) is 21.3 Å². The normalized spacial score (nSPS) is 16.5. The average molecular weight is 233 g/mol. The van der Waals surface area contributed by atoms with Crippen molar-refractivity contribution in [1.82, 2.24) is 5.32 Å². The van der Waals surface area contributed by atoms with Crippen molar-refractivity contribution in [2.45, 2.75) is 38.8 Å². The number of hydrogen-bond donors (Lipinski definition) is 1. The lowest BCUT2D eigenvalue weighted by atomic mass is 10.1. The molecule has 1 aliphatic carbocycles. The molecule has 0 atom stereocenters. The average Bonchev–Trinajstić information content (AvgIpc) is 2.85. The summed E-state index contributed by atoms with van der Waals surface area (Å²) < 4.78 is 5.22. The van der Waals surface area contributed by atoms with Gasteiger partial charge in [0.25, 0.3) is 0 Å². The van der Waals surface area contributed by atoms with Gasteiger partial charge in [-0.1, -0.05) is 37.1 Å². The standard InChI is InChI=1S/C15H23NO/c1-17-12-15-9-5-4-8-14(15)11-16-10-13-6-2-3-7-13/h4-5,8-9,13,16H,2-3,6-7,10-12H2,1H3. The van der Waals surface area contributed by atoms with Crippen LogP contribution in [0.5, 0.6) is 0 Å². The Balaban J connectivity index is 1.80. The van der Waals surface area contributed by atoms with Crippen LogP contribution in [-0.2, 0) is 17.9 Å². The lowest BCUT2D eigenvalue weighted by Crippen LogP contribution is -2.21. The molecule has 2 heteroatoms. The summed E-state index contributed by atoms with van der Waals surface area (Å²) in [6.07, 6.45) is 5.67. The minimum absolute atomic E-state index is 0.710. The SMILES string of the molecule is COCc1ccccc1CNCC1CCCC1. The summed E-state index contributed by atoms with van der Waals surface area (Å²) in [5.41, 5.74) is 2.67. The minimum Gasteiger partial charge on any atom is -0.380 e. The Labute approximate surface area is 104 Å². The zero-order chi connectivity index (χ0) is 11.9. The molecule has 0 spiro atoms. The van der Waals surface area contributed by atoms with E-state index >= 15 is 0 Å². The van der Waals surface area contributed by atoms with Crippen LogP contribution in [-0.4, -0.2) is 13.7 Å². The van der Waals surface area contributed by atoms with Crippen molar-refractivity contribution in [3.63, 3.8) is 0 Å². The Morgan fingerprint density at radius 3 is 2.59 bits per heavy atom. The zero-order valence-corrected chi connectivity index (χ0v) is 10.7. The molecule has 2 nitrogen and oxygen atoms in total. The molecule has 1 aromatic rings. The van der Waals surface area contributed by atoms with Crippen LogP contribution >= 0.6 is 0 Å². The van der Waals surface area contributed by atoms with Gasteiger partial charge in [0.1, 0.15) is 0 Å². The fraction of sp³-hybridized carbons (Fsp3) is 0.600. The van der Waals surface area contributed by atoms with Gasteiger partial charge in [0, 0.05) is 13.7 Å². The molecule has 0 radical (unpaired) electrons. The maximum atomic E-state index is 5.22. The second kappa shape index (κ2) is 6.77. The molecular weight excluding hydrogens is 210 g/mol. The Kier molecular flexibility index (Phi) is 5.02. The number of nitrogens with one attached hydrogen (secondary N) is 1. The summed E-state index contributed by atoms with van der Waals surface area (Å²) in [6.45, 7) is 2.85. The molecule has 0 aliphatic heterocycles. The molecule has 0 amide bonds. The predicted molar refractivity (Wildman–Crippen MR) is 70.8 cm³/mol. The third kappa shape index (κ3) is 3.83. The Hall–Kier alpha value is -0.860. The van der Waals surface area contributed by atoms with Crippen LogP contribution < -0.4 is 5.32 Å². The Morgan fingerprint density at radius 1 is 1.18 bits per heavy atom. The highest BCUT2D eigenvalue weighted by Gasteiger charge is 2.14. The summed E-state index contributed by atoms with van der Waals surface area (Å²) >= 11 is 0. The highest BCUT2D eigenvalue weighted by molar-refractivity contribution is 5.26. The fourth-order valence-electron chi connectivity index (χ4n) is 2.65. The first-order chi connectivity index (χ1) is 8.40. The van der Waals surface area contributed by atoms with E-state index in [1.54, 1.807) is 7.11 Å². The smallest absolute Gasteiger partial charge is 0.0716 e. The van der Waals surface area contributed by atoms with E-state index in [1.807, 2.05) is 0 Å². The summed E-state index contributed by atoms with van der Waals surface area (Å²) in [6, 6.07) is 8.52. The second-order valence-electron chi connectivity index (χ2n) is 4.98. The largest absolute Gasteiger partial charge is 0.380 e. The van der Waals surface area contributed by atoms with Gasteiger partial charge in [0.05, 0.1) is 6.61 Å². The van der Waals surface area contributed by atoms with E-state index in [0.29, 0.717) is 6.61 Å². The summed E-state index contributed by atoms with van der Waals surface area (Å²) in [5, 5.41) is 3.59. The van der Waals surface area contributed by atoms with Crippen molar-refractivity contribution < 1.29 is 4.74 Å². The highest BCUT2D eigenvalue weighted by atomic mass is 16.5. The highest BCUT2D eigenvalue weighted by Crippen LogP contribution is 2.23. The first-order valence-corrected chi connectivity index (χ1v) is 6.66. The quantitative estimate of drug-likeness (QED) is 0.815. The number of rotatable bonds is 6. The maximum absolute atomic E-state index is 5.22. The van der Waals surface area contributed by atoms with E-state index in [9.17, 15) is 0 Å².